The molecule has 0 bridgehead atoms. The van der Waals surface area contributed by atoms with Gasteiger partial charge >= 0.3 is 11.8 Å². The molecule has 4 nitrogen and oxygen atoms in total. The molecule has 0 radical (unpaired) electrons. The number of amides is 2. The van der Waals surface area contributed by atoms with Crippen LogP contribution >= 0.6 is 0 Å². The highest BCUT2D eigenvalue weighted by Crippen LogP contribution is 2.18. The van der Waals surface area contributed by atoms with Crippen molar-refractivity contribution in [2.45, 2.75) is 57.9 Å². The van der Waals surface area contributed by atoms with E-state index >= 15 is 0 Å². The van der Waals surface area contributed by atoms with Crippen molar-refractivity contribution in [3.8, 4) is 0 Å². The zero-order valence-electron chi connectivity index (χ0n) is 11.3. The zero-order valence-corrected chi connectivity index (χ0v) is 11.3. The topological polar surface area (TPSA) is 49.4 Å². The molecule has 1 saturated carbocycles. The summed E-state index contributed by atoms with van der Waals surface area (Å²) >= 11 is 0. The summed E-state index contributed by atoms with van der Waals surface area (Å²) in [6.07, 6.45) is 7.67. The van der Waals surface area contributed by atoms with Gasteiger partial charge in [0.05, 0.1) is 0 Å². The molecule has 0 atom stereocenters. The first-order chi connectivity index (χ1) is 8.66. The van der Waals surface area contributed by atoms with E-state index in [4.69, 9.17) is 0 Å². The summed E-state index contributed by atoms with van der Waals surface area (Å²) in [6.45, 7) is 3.67. The SMILES string of the molecule is CC1CCN(C(=O)C(=O)NC2CCCCC2)CC1. The van der Waals surface area contributed by atoms with Crippen LogP contribution in [0.1, 0.15) is 51.9 Å². The number of rotatable bonds is 1. The van der Waals surface area contributed by atoms with Gasteiger partial charge in [-0.3, -0.25) is 9.59 Å². The molecular weight excluding hydrogens is 228 g/mol. The van der Waals surface area contributed by atoms with E-state index in [0.717, 1.165) is 38.8 Å². The van der Waals surface area contributed by atoms with E-state index in [0.29, 0.717) is 5.92 Å². The average molecular weight is 252 g/mol. The van der Waals surface area contributed by atoms with E-state index in [1.807, 2.05) is 0 Å². The van der Waals surface area contributed by atoms with Gasteiger partial charge in [-0.2, -0.15) is 0 Å². The molecule has 1 aliphatic carbocycles. The van der Waals surface area contributed by atoms with Crippen LogP contribution in [0.25, 0.3) is 0 Å². The molecule has 0 spiro atoms. The summed E-state index contributed by atoms with van der Waals surface area (Å²) in [4.78, 5) is 25.6. The number of hydrogen-bond donors (Lipinski definition) is 1. The minimum Gasteiger partial charge on any atom is -0.345 e. The first-order valence-corrected chi connectivity index (χ1v) is 7.26. The second-order valence-electron chi connectivity index (χ2n) is 5.78. The first kappa shape index (κ1) is 13.4. The summed E-state index contributed by atoms with van der Waals surface area (Å²) in [5, 5.41) is 2.90. The Kier molecular flexibility index (Phi) is 4.61. The van der Waals surface area contributed by atoms with E-state index in [1.165, 1.54) is 19.3 Å². The molecule has 18 heavy (non-hydrogen) atoms. The quantitative estimate of drug-likeness (QED) is 0.722. The third-order valence-corrected chi connectivity index (χ3v) is 4.21. The Morgan fingerprint density at radius 3 is 2.22 bits per heavy atom. The molecular formula is C14H24N2O2. The van der Waals surface area contributed by atoms with E-state index in [1.54, 1.807) is 4.90 Å². The molecule has 1 aliphatic heterocycles. The average Bonchev–Trinajstić information content (AvgIpc) is 2.40. The van der Waals surface area contributed by atoms with Gasteiger partial charge in [0, 0.05) is 19.1 Å². The van der Waals surface area contributed by atoms with Crippen LogP contribution < -0.4 is 5.32 Å². The standard InChI is InChI=1S/C14H24N2O2/c1-11-7-9-16(10-8-11)14(18)13(17)15-12-5-3-2-4-6-12/h11-12H,2-10H2,1H3,(H,15,17). The Hall–Kier alpha value is -1.06. The predicted molar refractivity (Wildman–Crippen MR) is 70.0 cm³/mol. The molecule has 0 aromatic rings. The minimum atomic E-state index is -0.392. The summed E-state index contributed by atoms with van der Waals surface area (Å²) in [6, 6.07) is 0.221. The lowest BCUT2D eigenvalue weighted by Gasteiger charge is -2.30. The van der Waals surface area contributed by atoms with Gasteiger partial charge in [0.15, 0.2) is 0 Å². The highest BCUT2D eigenvalue weighted by atomic mass is 16.2. The zero-order chi connectivity index (χ0) is 13.0. The Morgan fingerprint density at radius 2 is 1.61 bits per heavy atom. The number of hydrogen-bond acceptors (Lipinski definition) is 2. The summed E-state index contributed by atoms with van der Waals surface area (Å²) in [5.74, 6) is -0.0422. The number of piperidine rings is 1. The normalized spacial score (nSPS) is 22.8. The van der Waals surface area contributed by atoms with Gasteiger partial charge in [-0.15, -0.1) is 0 Å². The molecule has 102 valence electrons. The van der Waals surface area contributed by atoms with Crippen LogP contribution in [0.5, 0.6) is 0 Å². The van der Waals surface area contributed by atoms with Crippen molar-refractivity contribution in [3.05, 3.63) is 0 Å². The van der Waals surface area contributed by atoms with E-state index in [9.17, 15) is 9.59 Å². The molecule has 1 N–H and O–H groups in total. The third kappa shape index (κ3) is 3.47. The maximum absolute atomic E-state index is 12.0. The molecule has 1 saturated heterocycles. The number of nitrogens with zero attached hydrogens (tertiary/aromatic N) is 1. The van der Waals surface area contributed by atoms with Gasteiger partial charge in [-0.05, 0) is 31.6 Å². The van der Waals surface area contributed by atoms with Crippen LogP contribution in [0, 0.1) is 5.92 Å². The maximum Gasteiger partial charge on any atom is 0.311 e. The lowest BCUT2D eigenvalue weighted by Crippen LogP contribution is -2.49. The minimum absolute atomic E-state index is 0.221. The van der Waals surface area contributed by atoms with Gasteiger partial charge in [-0.1, -0.05) is 26.2 Å². The second kappa shape index (κ2) is 6.21. The molecule has 1 heterocycles. The van der Waals surface area contributed by atoms with Crippen molar-refractivity contribution in [2.24, 2.45) is 5.92 Å². The molecule has 2 amide bonds. The third-order valence-electron chi connectivity index (χ3n) is 4.21. The van der Waals surface area contributed by atoms with Crippen molar-refractivity contribution < 1.29 is 9.59 Å². The fraction of sp³-hybridized carbons (Fsp3) is 0.857. The van der Waals surface area contributed by atoms with Crippen LogP contribution in [0.4, 0.5) is 0 Å². The van der Waals surface area contributed by atoms with Crippen LogP contribution in [-0.2, 0) is 9.59 Å². The van der Waals surface area contributed by atoms with E-state index < -0.39 is 5.91 Å². The Balaban J connectivity index is 1.79. The van der Waals surface area contributed by atoms with Crippen molar-refractivity contribution in [3.63, 3.8) is 0 Å². The van der Waals surface area contributed by atoms with Gasteiger partial charge in [0.2, 0.25) is 0 Å². The predicted octanol–water partition coefficient (Wildman–Crippen LogP) is 1.69. The second-order valence-corrected chi connectivity index (χ2v) is 5.78. The Bertz CT molecular complexity index is 303. The molecule has 2 aliphatic rings. The van der Waals surface area contributed by atoms with Crippen LogP contribution in [0.15, 0.2) is 0 Å². The van der Waals surface area contributed by atoms with Crippen molar-refractivity contribution >= 4 is 11.8 Å². The number of carbonyl (C=O) groups excluding carboxylic acids is 2. The Labute approximate surface area is 109 Å². The van der Waals surface area contributed by atoms with E-state index in [-0.39, 0.29) is 11.9 Å². The van der Waals surface area contributed by atoms with Crippen molar-refractivity contribution in [1.82, 2.24) is 10.2 Å². The van der Waals surface area contributed by atoms with Gasteiger partial charge < -0.3 is 10.2 Å². The van der Waals surface area contributed by atoms with Crippen molar-refractivity contribution in [1.29, 1.82) is 0 Å². The van der Waals surface area contributed by atoms with Gasteiger partial charge in [-0.25, -0.2) is 0 Å². The van der Waals surface area contributed by atoms with Gasteiger partial charge in [0.25, 0.3) is 0 Å². The largest absolute Gasteiger partial charge is 0.345 e. The van der Waals surface area contributed by atoms with Crippen LogP contribution in [-0.4, -0.2) is 35.8 Å². The molecule has 2 rings (SSSR count). The van der Waals surface area contributed by atoms with E-state index in [2.05, 4.69) is 12.2 Å². The number of likely N-dealkylation sites (tertiary alicyclic amines) is 1. The fourth-order valence-corrected chi connectivity index (χ4v) is 2.85. The summed E-state index contributed by atoms with van der Waals surface area (Å²) in [5.41, 5.74) is 0. The summed E-state index contributed by atoms with van der Waals surface area (Å²) < 4.78 is 0. The number of nitrogens with one attached hydrogen (secondary N) is 1. The number of carbonyl (C=O) groups is 2. The van der Waals surface area contributed by atoms with Crippen LogP contribution in [0.2, 0.25) is 0 Å². The lowest BCUT2D eigenvalue weighted by molar-refractivity contribution is -0.147. The molecule has 0 aromatic carbocycles. The van der Waals surface area contributed by atoms with Gasteiger partial charge in [0.1, 0.15) is 0 Å². The highest BCUT2D eigenvalue weighted by molar-refractivity contribution is 6.35. The molecule has 0 unspecified atom stereocenters. The van der Waals surface area contributed by atoms with Crippen LogP contribution in [0.3, 0.4) is 0 Å². The monoisotopic (exact) mass is 252 g/mol. The highest BCUT2D eigenvalue weighted by Gasteiger charge is 2.27. The fourth-order valence-electron chi connectivity index (χ4n) is 2.85. The summed E-state index contributed by atoms with van der Waals surface area (Å²) in [7, 11) is 0. The Morgan fingerprint density at radius 1 is 1.00 bits per heavy atom. The van der Waals surface area contributed by atoms with Crippen molar-refractivity contribution in [2.75, 3.05) is 13.1 Å². The maximum atomic E-state index is 12.0. The first-order valence-electron chi connectivity index (χ1n) is 7.26. The molecule has 4 heteroatoms. The lowest BCUT2D eigenvalue weighted by atomic mass is 9.95. The molecule has 2 fully saturated rings. The molecule has 0 aromatic heterocycles. The smallest absolute Gasteiger partial charge is 0.311 e.